The highest BCUT2D eigenvalue weighted by molar-refractivity contribution is 6.30. The molecule has 1 N–H and O–H groups in total. The number of anilines is 1. The number of halogens is 1. The van der Waals surface area contributed by atoms with Gasteiger partial charge in [0.2, 0.25) is 0 Å². The van der Waals surface area contributed by atoms with E-state index in [0.29, 0.717) is 15.6 Å². The fourth-order valence-electron chi connectivity index (χ4n) is 0.686. The summed E-state index contributed by atoms with van der Waals surface area (Å²) in [6.07, 6.45) is 0. The second-order valence-electron chi connectivity index (χ2n) is 2.19. The predicted molar refractivity (Wildman–Crippen MR) is 47.1 cm³/mol. The van der Waals surface area contributed by atoms with Crippen LogP contribution in [0.3, 0.4) is 0 Å². The highest BCUT2D eigenvalue weighted by Crippen LogP contribution is 2.14. The predicted octanol–water partition coefficient (Wildman–Crippen LogP) is 2.26. The smallest absolute Gasteiger partial charge is 0.148 e. The third-order valence-corrected chi connectivity index (χ3v) is 1.38. The molecule has 0 amide bonds. The Morgan fingerprint density at radius 1 is 1.58 bits per heavy atom. The van der Waals surface area contributed by atoms with Gasteiger partial charge in [-0.25, -0.2) is 0 Å². The van der Waals surface area contributed by atoms with E-state index in [1.165, 1.54) is 7.05 Å². The molecular formula is C7H8ClN3O. The molecule has 0 aromatic heterocycles. The first-order valence-electron chi connectivity index (χ1n) is 3.31. The van der Waals surface area contributed by atoms with E-state index in [1.807, 2.05) is 0 Å². The molecule has 0 saturated heterocycles. The molecule has 1 aromatic carbocycles. The molecule has 1 rings (SSSR count). The van der Waals surface area contributed by atoms with Gasteiger partial charge in [-0.3, -0.25) is 0 Å². The van der Waals surface area contributed by atoms with E-state index < -0.39 is 0 Å². The Morgan fingerprint density at radius 2 is 2.33 bits per heavy atom. The molecule has 0 aliphatic heterocycles. The normalized spacial score (nSPS) is 11.3. The summed E-state index contributed by atoms with van der Waals surface area (Å²) in [6, 6.07) is 6.95. The first kappa shape index (κ1) is 8.80. The van der Waals surface area contributed by atoms with Gasteiger partial charge in [0.15, 0.2) is 0 Å². The molecule has 0 saturated carbocycles. The Kier molecular flexibility index (Phi) is 2.88. The monoisotopic (exact) mass is 185 g/mol. The molecule has 64 valence electrons. The Bertz CT molecular complexity index is 296. The van der Waals surface area contributed by atoms with Gasteiger partial charge in [-0.15, -0.1) is 5.43 Å². The Balaban J connectivity index is 2.70. The van der Waals surface area contributed by atoms with E-state index in [4.69, 9.17) is 11.6 Å². The van der Waals surface area contributed by atoms with Crippen LogP contribution < -0.4 is 5.43 Å². The van der Waals surface area contributed by atoms with Crippen molar-refractivity contribution in [2.24, 2.45) is 5.22 Å². The van der Waals surface area contributed by atoms with Gasteiger partial charge in [0, 0.05) is 11.1 Å². The van der Waals surface area contributed by atoms with Gasteiger partial charge in [-0.1, -0.05) is 17.7 Å². The lowest BCUT2D eigenvalue weighted by atomic mass is 10.3. The lowest BCUT2D eigenvalue weighted by Gasteiger charge is -1.97. The van der Waals surface area contributed by atoms with Crippen LogP contribution in [-0.2, 0) is 0 Å². The lowest BCUT2D eigenvalue weighted by molar-refractivity contribution is -0.497. The second-order valence-corrected chi connectivity index (χ2v) is 2.62. The molecular weight excluding hydrogens is 178 g/mol. The maximum Gasteiger partial charge on any atom is 0.148 e. The number of rotatable bonds is 2. The molecule has 1 aromatic rings. The van der Waals surface area contributed by atoms with E-state index >= 15 is 0 Å². The average molecular weight is 186 g/mol. The van der Waals surface area contributed by atoms with Crippen LogP contribution in [0.2, 0.25) is 5.02 Å². The average Bonchev–Trinajstić information content (AvgIpc) is 2.01. The topological polar surface area (TPSA) is 50.5 Å². The molecule has 0 radical (unpaired) electrons. The van der Waals surface area contributed by atoms with Gasteiger partial charge >= 0.3 is 0 Å². The second kappa shape index (κ2) is 3.92. The molecule has 0 aliphatic rings. The van der Waals surface area contributed by atoms with Crippen molar-refractivity contribution in [3.05, 3.63) is 34.5 Å². The van der Waals surface area contributed by atoms with Crippen molar-refractivity contribution in [3.8, 4) is 0 Å². The molecule has 0 heterocycles. The Morgan fingerprint density at radius 3 is 2.92 bits per heavy atom. The maximum absolute atomic E-state index is 10.4. The third kappa shape index (κ3) is 2.75. The van der Waals surface area contributed by atoms with Crippen molar-refractivity contribution in [2.45, 2.75) is 0 Å². The number of hydrogen-bond donors (Lipinski definition) is 1. The molecule has 5 heteroatoms. The zero-order valence-corrected chi connectivity index (χ0v) is 7.25. The standard InChI is InChI=1S/C7H8ClN3O/c1-11(12)10-9-7-4-2-3-6(8)5-7/h2-5,9H,1H3/b11-10-. The summed E-state index contributed by atoms with van der Waals surface area (Å²) in [5, 5.41) is 14.4. The van der Waals surface area contributed by atoms with Crippen LogP contribution in [0.25, 0.3) is 0 Å². The SMILES string of the molecule is C/[N+]([O-])=N/Nc1cccc(Cl)c1. The molecule has 12 heavy (non-hydrogen) atoms. The first-order chi connectivity index (χ1) is 5.68. The van der Waals surface area contributed by atoms with E-state index in [2.05, 4.69) is 10.6 Å². The molecule has 4 nitrogen and oxygen atoms in total. The van der Waals surface area contributed by atoms with Gasteiger partial charge in [0.1, 0.15) is 12.7 Å². The van der Waals surface area contributed by atoms with Crippen molar-refractivity contribution in [3.63, 3.8) is 0 Å². The zero-order valence-electron chi connectivity index (χ0n) is 6.49. The van der Waals surface area contributed by atoms with Crippen LogP contribution in [0, 0.1) is 5.21 Å². The fourth-order valence-corrected chi connectivity index (χ4v) is 0.876. The summed E-state index contributed by atoms with van der Waals surface area (Å²) in [5.74, 6) is 0. The summed E-state index contributed by atoms with van der Waals surface area (Å²) < 4.78 is 0. The fraction of sp³-hybridized carbons (Fsp3) is 0.143. The van der Waals surface area contributed by atoms with Gasteiger partial charge in [0.05, 0.1) is 5.22 Å². The largest absolute Gasteiger partial charge is 0.696 e. The summed E-state index contributed by atoms with van der Waals surface area (Å²) in [7, 11) is 1.29. The first-order valence-corrected chi connectivity index (χ1v) is 3.69. The van der Waals surface area contributed by atoms with Gasteiger partial charge in [-0.2, -0.15) is 4.86 Å². The highest BCUT2D eigenvalue weighted by Gasteiger charge is 1.95. The van der Waals surface area contributed by atoms with Gasteiger partial charge in [-0.05, 0) is 12.1 Å². The molecule has 0 unspecified atom stereocenters. The number of hydrogen-bond acceptors (Lipinski definition) is 2. The summed E-state index contributed by atoms with van der Waals surface area (Å²) in [6.45, 7) is 0. The Hall–Kier alpha value is -1.29. The van der Waals surface area contributed by atoms with Crippen molar-refractivity contribution >= 4 is 17.3 Å². The van der Waals surface area contributed by atoms with Gasteiger partial charge < -0.3 is 5.21 Å². The lowest BCUT2D eigenvalue weighted by Crippen LogP contribution is -1.96. The minimum absolute atomic E-state index is 0.431. The molecule has 0 bridgehead atoms. The van der Waals surface area contributed by atoms with Crippen LogP contribution in [0.1, 0.15) is 0 Å². The molecule has 0 atom stereocenters. The summed E-state index contributed by atoms with van der Waals surface area (Å²) >= 11 is 5.69. The number of nitrogens with one attached hydrogen (secondary N) is 1. The maximum atomic E-state index is 10.4. The van der Waals surface area contributed by atoms with Gasteiger partial charge in [0.25, 0.3) is 0 Å². The van der Waals surface area contributed by atoms with Crippen LogP contribution in [0.4, 0.5) is 5.69 Å². The summed E-state index contributed by atoms with van der Waals surface area (Å²) in [5.41, 5.74) is 3.22. The minimum Gasteiger partial charge on any atom is -0.696 e. The zero-order chi connectivity index (χ0) is 8.97. The third-order valence-electron chi connectivity index (χ3n) is 1.14. The minimum atomic E-state index is 0.431. The van der Waals surface area contributed by atoms with Crippen LogP contribution in [0.5, 0.6) is 0 Å². The number of nitrogens with zero attached hydrogens (tertiary/aromatic N) is 2. The van der Waals surface area contributed by atoms with Crippen molar-refractivity contribution < 1.29 is 4.86 Å². The Labute approximate surface area is 75.0 Å². The van der Waals surface area contributed by atoms with Crippen molar-refractivity contribution in [2.75, 3.05) is 12.5 Å². The molecule has 0 spiro atoms. The van der Waals surface area contributed by atoms with Crippen LogP contribution in [-0.4, -0.2) is 11.9 Å². The summed E-state index contributed by atoms with van der Waals surface area (Å²) in [4.78, 5) is 0.431. The van der Waals surface area contributed by atoms with E-state index in [9.17, 15) is 5.21 Å². The van der Waals surface area contributed by atoms with E-state index in [1.54, 1.807) is 24.3 Å². The van der Waals surface area contributed by atoms with Crippen molar-refractivity contribution in [1.29, 1.82) is 0 Å². The van der Waals surface area contributed by atoms with Crippen LogP contribution >= 0.6 is 11.6 Å². The number of hydroxylamine groups is 1. The van der Waals surface area contributed by atoms with Crippen molar-refractivity contribution in [1.82, 2.24) is 0 Å². The van der Waals surface area contributed by atoms with E-state index in [0.717, 1.165) is 0 Å². The quantitative estimate of drug-likeness (QED) is 0.437. The molecule has 0 fully saturated rings. The highest BCUT2D eigenvalue weighted by atomic mass is 35.5. The number of benzene rings is 1. The van der Waals surface area contributed by atoms with Crippen LogP contribution in [0.15, 0.2) is 29.5 Å². The van der Waals surface area contributed by atoms with E-state index in [-0.39, 0.29) is 0 Å². The molecule has 0 aliphatic carbocycles.